The Kier molecular flexibility index (Phi) is 4.61. The monoisotopic (exact) mass is 349 g/mol. The minimum Gasteiger partial charge on any atom is -0.495 e. The van der Waals surface area contributed by atoms with Crippen molar-refractivity contribution in [1.82, 2.24) is 0 Å². The van der Waals surface area contributed by atoms with Gasteiger partial charge in [-0.3, -0.25) is 4.72 Å². The van der Waals surface area contributed by atoms with Gasteiger partial charge < -0.3 is 4.74 Å². The summed E-state index contributed by atoms with van der Waals surface area (Å²) in [5.41, 5.74) is 0.190. The second-order valence-corrected chi connectivity index (χ2v) is 6.52. The third-order valence-corrected chi connectivity index (χ3v) is 4.53. The largest absolute Gasteiger partial charge is 0.495 e. The van der Waals surface area contributed by atoms with Gasteiger partial charge in [0.1, 0.15) is 16.5 Å². The number of nitrogens with one attached hydrogen (secondary N) is 1. The highest BCUT2D eigenvalue weighted by Gasteiger charge is 2.19. The molecule has 0 aliphatic heterocycles. The topological polar surface area (TPSA) is 55.4 Å². The van der Waals surface area contributed by atoms with E-state index in [4.69, 9.17) is 27.9 Å². The van der Waals surface area contributed by atoms with Crippen molar-refractivity contribution in [2.24, 2.45) is 0 Å². The summed E-state index contributed by atoms with van der Waals surface area (Å²) in [6, 6.07) is 7.63. The molecule has 0 aliphatic rings. The van der Waals surface area contributed by atoms with Crippen LogP contribution in [0.25, 0.3) is 0 Å². The average Bonchev–Trinajstić information content (AvgIpc) is 2.37. The second-order valence-electron chi connectivity index (χ2n) is 4.03. The molecule has 0 saturated carbocycles. The zero-order valence-corrected chi connectivity index (χ0v) is 13.1. The van der Waals surface area contributed by atoms with Crippen LogP contribution in [0, 0.1) is 5.82 Å². The molecule has 1 N–H and O–H groups in total. The van der Waals surface area contributed by atoms with Crippen LogP contribution in [0.1, 0.15) is 0 Å². The Morgan fingerprint density at radius 1 is 1.14 bits per heavy atom. The molecule has 2 aromatic rings. The summed E-state index contributed by atoms with van der Waals surface area (Å²) in [6.45, 7) is 0. The minimum atomic E-state index is -4.08. The minimum absolute atomic E-state index is 0.110. The number of benzene rings is 2. The fraction of sp³-hybridized carbons (Fsp3) is 0.0769. The maximum Gasteiger partial charge on any atom is 0.264 e. The first-order valence-electron chi connectivity index (χ1n) is 5.65. The van der Waals surface area contributed by atoms with Gasteiger partial charge in [0.2, 0.25) is 0 Å². The Bertz CT molecular complexity index is 781. The van der Waals surface area contributed by atoms with Crippen LogP contribution in [0.3, 0.4) is 0 Å². The van der Waals surface area contributed by atoms with E-state index in [2.05, 4.69) is 4.72 Å². The lowest BCUT2D eigenvalue weighted by Crippen LogP contribution is -2.14. The van der Waals surface area contributed by atoms with Crippen molar-refractivity contribution in [1.29, 1.82) is 0 Å². The Labute approximate surface area is 131 Å². The third-order valence-electron chi connectivity index (χ3n) is 2.59. The van der Waals surface area contributed by atoms with E-state index in [9.17, 15) is 12.8 Å². The van der Waals surface area contributed by atoms with Gasteiger partial charge in [-0.05, 0) is 36.4 Å². The highest BCUT2D eigenvalue weighted by molar-refractivity contribution is 7.92. The van der Waals surface area contributed by atoms with Gasteiger partial charge in [0.15, 0.2) is 0 Å². The van der Waals surface area contributed by atoms with Gasteiger partial charge in [-0.25, -0.2) is 12.8 Å². The molecule has 0 bridgehead atoms. The van der Waals surface area contributed by atoms with Crippen LogP contribution >= 0.6 is 23.2 Å². The van der Waals surface area contributed by atoms with E-state index in [0.717, 1.165) is 12.1 Å². The van der Waals surface area contributed by atoms with E-state index < -0.39 is 20.7 Å². The molecule has 0 aliphatic carbocycles. The smallest absolute Gasteiger partial charge is 0.264 e. The van der Waals surface area contributed by atoms with Crippen molar-refractivity contribution in [2.45, 2.75) is 4.90 Å². The van der Waals surface area contributed by atoms with Crippen molar-refractivity contribution >= 4 is 38.9 Å². The molecule has 0 saturated heterocycles. The van der Waals surface area contributed by atoms with Gasteiger partial charge in [0, 0.05) is 5.02 Å². The van der Waals surface area contributed by atoms with E-state index in [1.165, 1.54) is 31.4 Å². The lowest BCUT2D eigenvalue weighted by molar-refractivity contribution is 0.415. The summed E-state index contributed by atoms with van der Waals surface area (Å²) in [5.74, 6) is -0.535. The average molecular weight is 350 g/mol. The summed E-state index contributed by atoms with van der Waals surface area (Å²) < 4.78 is 45.2. The number of sulfonamides is 1. The summed E-state index contributed by atoms with van der Waals surface area (Å²) in [7, 11) is -2.64. The quantitative estimate of drug-likeness (QED) is 0.909. The molecule has 2 aromatic carbocycles. The molecular weight excluding hydrogens is 340 g/mol. The van der Waals surface area contributed by atoms with Crippen molar-refractivity contribution in [2.75, 3.05) is 11.8 Å². The van der Waals surface area contributed by atoms with Crippen LogP contribution in [-0.4, -0.2) is 15.5 Å². The molecule has 8 heteroatoms. The SMILES string of the molecule is COc1ccc(NS(=O)(=O)c2ccc(Cl)cc2F)cc1Cl. The lowest BCUT2D eigenvalue weighted by atomic mass is 10.3. The normalized spacial score (nSPS) is 11.2. The molecule has 0 aromatic heterocycles. The Hall–Kier alpha value is -1.50. The van der Waals surface area contributed by atoms with E-state index in [0.29, 0.717) is 5.75 Å². The maximum atomic E-state index is 13.7. The third kappa shape index (κ3) is 3.58. The van der Waals surface area contributed by atoms with Crippen molar-refractivity contribution < 1.29 is 17.5 Å². The summed E-state index contributed by atoms with van der Waals surface area (Å²) >= 11 is 11.5. The second kappa shape index (κ2) is 6.09. The fourth-order valence-electron chi connectivity index (χ4n) is 1.63. The maximum absolute atomic E-state index is 13.7. The first-order chi connectivity index (χ1) is 9.83. The van der Waals surface area contributed by atoms with Gasteiger partial charge in [-0.2, -0.15) is 0 Å². The van der Waals surface area contributed by atoms with Crippen LogP contribution in [0.2, 0.25) is 10.0 Å². The van der Waals surface area contributed by atoms with Gasteiger partial charge in [0.25, 0.3) is 10.0 Å². The van der Waals surface area contributed by atoms with Crippen LogP contribution < -0.4 is 9.46 Å². The molecule has 21 heavy (non-hydrogen) atoms. The summed E-state index contributed by atoms with van der Waals surface area (Å²) in [5, 5.41) is 0.341. The molecule has 0 unspecified atom stereocenters. The summed E-state index contributed by atoms with van der Waals surface area (Å²) in [4.78, 5) is -0.501. The molecule has 0 fully saturated rings. The van der Waals surface area contributed by atoms with Gasteiger partial charge in [-0.15, -0.1) is 0 Å². The molecule has 0 atom stereocenters. The predicted octanol–water partition coefficient (Wildman–Crippen LogP) is 3.94. The van der Waals surface area contributed by atoms with E-state index in [1.54, 1.807) is 0 Å². The van der Waals surface area contributed by atoms with E-state index in [-0.39, 0.29) is 15.7 Å². The summed E-state index contributed by atoms with van der Waals surface area (Å²) in [6.07, 6.45) is 0. The molecular formula is C13H10Cl2FNO3S. The van der Waals surface area contributed by atoms with Crippen molar-refractivity contribution in [3.63, 3.8) is 0 Å². The number of halogens is 3. The number of methoxy groups -OCH3 is 1. The number of hydrogen-bond acceptors (Lipinski definition) is 3. The predicted molar refractivity (Wildman–Crippen MR) is 80.2 cm³/mol. The van der Waals surface area contributed by atoms with Crippen molar-refractivity contribution in [3.05, 3.63) is 52.3 Å². The number of hydrogen-bond donors (Lipinski definition) is 1. The first kappa shape index (κ1) is 15.9. The van der Waals surface area contributed by atoms with Gasteiger partial charge in [-0.1, -0.05) is 23.2 Å². The zero-order valence-electron chi connectivity index (χ0n) is 10.7. The number of ether oxygens (including phenoxy) is 1. The Morgan fingerprint density at radius 2 is 1.86 bits per heavy atom. The molecule has 0 spiro atoms. The Balaban J connectivity index is 2.35. The first-order valence-corrected chi connectivity index (χ1v) is 7.89. The van der Waals surface area contributed by atoms with Gasteiger partial charge in [0.05, 0.1) is 17.8 Å². The number of anilines is 1. The Morgan fingerprint density at radius 3 is 2.43 bits per heavy atom. The molecule has 0 radical (unpaired) electrons. The van der Waals surface area contributed by atoms with E-state index in [1.807, 2.05) is 0 Å². The van der Waals surface area contributed by atoms with E-state index >= 15 is 0 Å². The standard InChI is InChI=1S/C13H10Cl2FNO3S/c1-20-12-4-3-9(7-10(12)15)17-21(18,19)13-5-2-8(14)6-11(13)16/h2-7,17H,1H3. The number of rotatable bonds is 4. The van der Waals surface area contributed by atoms with Crippen LogP contribution in [0.5, 0.6) is 5.75 Å². The zero-order chi connectivity index (χ0) is 15.6. The van der Waals surface area contributed by atoms with Crippen LogP contribution in [-0.2, 0) is 10.0 Å². The highest BCUT2D eigenvalue weighted by atomic mass is 35.5. The lowest BCUT2D eigenvalue weighted by Gasteiger charge is -2.10. The van der Waals surface area contributed by atoms with Crippen LogP contribution in [0.15, 0.2) is 41.3 Å². The van der Waals surface area contributed by atoms with Crippen molar-refractivity contribution in [3.8, 4) is 5.75 Å². The van der Waals surface area contributed by atoms with Crippen LogP contribution in [0.4, 0.5) is 10.1 Å². The molecule has 4 nitrogen and oxygen atoms in total. The highest BCUT2D eigenvalue weighted by Crippen LogP contribution is 2.29. The van der Waals surface area contributed by atoms with Gasteiger partial charge >= 0.3 is 0 Å². The molecule has 112 valence electrons. The fourth-order valence-corrected chi connectivity index (χ4v) is 3.16. The molecule has 2 rings (SSSR count). The molecule has 0 heterocycles. The molecule has 0 amide bonds.